The van der Waals surface area contributed by atoms with E-state index in [1.165, 1.54) is 0 Å². The molecule has 0 amide bonds. The van der Waals surface area contributed by atoms with Crippen LogP contribution in [0.15, 0.2) is 6.33 Å². The molecule has 0 bridgehead atoms. The Morgan fingerprint density at radius 1 is 1.09 bits per heavy atom. The second kappa shape index (κ2) is 17.8. The Morgan fingerprint density at radius 3 is 2.49 bits per heavy atom. The molecule has 2 aromatic heterocycles. The number of aromatic nitrogens is 4. The number of nitrogens with zero attached hydrogens (tertiary/aromatic N) is 4. The fraction of sp³-hybridized carbons (Fsp3) is 0.786. The molecular formula is C28H51N8O6P. The van der Waals surface area contributed by atoms with Crippen molar-refractivity contribution in [1.82, 2.24) is 29.7 Å². The molecule has 4 atom stereocenters. The minimum Gasteiger partial charge on any atom is -0.465 e. The number of imidazole rings is 1. The van der Waals surface area contributed by atoms with Gasteiger partial charge in [-0.3, -0.25) is 9.36 Å². The first-order valence-electron chi connectivity index (χ1n) is 15.6. The van der Waals surface area contributed by atoms with Crippen LogP contribution < -0.4 is 21.2 Å². The Morgan fingerprint density at radius 2 is 1.84 bits per heavy atom. The molecule has 1 saturated carbocycles. The minimum absolute atomic E-state index is 0.159. The van der Waals surface area contributed by atoms with Crippen molar-refractivity contribution in [3.63, 3.8) is 0 Å². The van der Waals surface area contributed by atoms with E-state index in [-0.39, 0.29) is 18.9 Å². The number of nitrogens with two attached hydrogens (primary N) is 1. The van der Waals surface area contributed by atoms with Crippen LogP contribution >= 0.6 is 7.44 Å². The molecule has 43 heavy (non-hydrogen) atoms. The molecule has 2 heterocycles. The lowest BCUT2D eigenvalue weighted by atomic mass is 10.2. The van der Waals surface area contributed by atoms with Gasteiger partial charge in [-0.1, -0.05) is 40.5 Å². The van der Waals surface area contributed by atoms with Gasteiger partial charge in [-0.2, -0.15) is 9.97 Å². The molecule has 14 nitrogen and oxygen atoms in total. The van der Waals surface area contributed by atoms with Gasteiger partial charge in [-0.05, 0) is 38.5 Å². The second-order valence-electron chi connectivity index (χ2n) is 10.8. The van der Waals surface area contributed by atoms with Crippen molar-refractivity contribution >= 4 is 36.3 Å². The summed E-state index contributed by atoms with van der Waals surface area (Å²) in [5, 5.41) is 9.61. The van der Waals surface area contributed by atoms with Crippen LogP contribution in [0.5, 0.6) is 0 Å². The number of esters is 1. The Kier molecular flexibility index (Phi) is 14.6. The van der Waals surface area contributed by atoms with Gasteiger partial charge in [0, 0.05) is 26.3 Å². The highest BCUT2D eigenvalue weighted by molar-refractivity contribution is 7.59. The molecule has 5 N–H and O–H groups in total. The molecule has 2 aromatic rings. The molecule has 1 aliphatic carbocycles. The second-order valence-corrected chi connectivity index (χ2v) is 13.1. The van der Waals surface area contributed by atoms with E-state index in [9.17, 15) is 9.36 Å². The fourth-order valence-corrected chi connectivity index (χ4v) is 6.64. The normalized spacial score (nSPS) is 17.0. The SMILES string of the molecule is CCCCOC(=O)C(CC)NP(=O)(COCCn1cnc2c(NC3CC3)nc(N)nc21)NC(CC)C(OC)OCCCC. The number of hydrogen-bond donors (Lipinski definition) is 4. The number of nitrogens with one attached hydrogen (secondary N) is 3. The first-order chi connectivity index (χ1) is 20.8. The number of hydrogen-bond acceptors (Lipinski definition) is 11. The number of ether oxygens (including phenoxy) is 4. The molecule has 0 radical (unpaired) electrons. The number of anilines is 2. The van der Waals surface area contributed by atoms with Gasteiger partial charge in [-0.25, -0.2) is 15.2 Å². The van der Waals surface area contributed by atoms with Crippen LogP contribution in [0.1, 0.15) is 79.1 Å². The van der Waals surface area contributed by atoms with Gasteiger partial charge < -0.3 is 34.6 Å². The van der Waals surface area contributed by atoms with E-state index in [4.69, 9.17) is 24.7 Å². The van der Waals surface area contributed by atoms with E-state index in [1.807, 2.05) is 25.3 Å². The van der Waals surface area contributed by atoms with Gasteiger partial charge in [0.25, 0.3) is 0 Å². The number of nitrogen functional groups attached to an aromatic ring is 1. The number of unbranched alkanes of at least 4 members (excludes halogenated alkanes) is 2. The molecule has 0 spiro atoms. The van der Waals surface area contributed by atoms with Crippen LogP contribution in [0.4, 0.5) is 11.8 Å². The average Bonchev–Trinajstić information content (AvgIpc) is 3.72. The molecule has 4 unspecified atom stereocenters. The molecule has 3 rings (SSSR count). The van der Waals surface area contributed by atoms with Crippen molar-refractivity contribution in [2.75, 3.05) is 44.3 Å². The molecule has 244 valence electrons. The zero-order valence-electron chi connectivity index (χ0n) is 26.3. The van der Waals surface area contributed by atoms with Crippen molar-refractivity contribution < 1.29 is 28.3 Å². The molecule has 0 aromatic carbocycles. The predicted molar refractivity (Wildman–Crippen MR) is 167 cm³/mol. The van der Waals surface area contributed by atoms with E-state index in [0.717, 1.165) is 38.5 Å². The van der Waals surface area contributed by atoms with Crippen molar-refractivity contribution in [2.24, 2.45) is 0 Å². The highest BCUT2D eigenvalue weighted by Gasteiger charge is 2.34. The van der Waals surface area contributed by atoms with Gasteiger partial charge >= 0.3 is 5.97 Å². The maximum absolute atomic E-state index is 14.4. The van der Waals surface area contributed by atoms with Crippen LogP contribution in [0.3, 0.4) is 0 Å². The highest BCUT2D eigenvalue weighted by atomic mass is 31.2. The van der Waals surface area contributed by atoms with Gasteiger partial charge in [0.2, 0.25) is 13.4 Å². The summed E-state index contributed by atoms with van der Waals surface area (Å²) in [5.41, 5.74) is 7.21. The fourth-order valence-electron chi connectivity index (χ4n) is 4.40. The Balaban J connectivity index is 1.70. The lowest BCUT2D eigenvalue weighted by molar-refractivity contribution is -0.145. The zero-order valence-corrected chi connectivity index (χ0v) is 27.2. The zero-order chi connectivity index (χ0) is 31.2. The largest absolute Gasteiger partial charge is 0.465 e. The van der Waals surface area contributed by atoms with Crippen LogP contribution in [-0.4, -0.2) is 83.2 Å². The summed E-state index contributed by atoms with van der Waals surface area (Å²) in [6.45, 7) is 9.36. The highest BCUT2D eigenvalue weighted by Crippen LogP contribution is 2.39. The van der Waals surface area contributed by atoms with E-state index in [2.05, 4.69) is 37.4 Å². The lowest BCUT2D eigenvalue weighted by Crippen LogP contribution is -2.46. The standard InChI is InChI=1S/C28H51N8O6P/c1-6-10-15-41-26(37)21(8-3)34-43(38,35-22(9-4)27(39-5)42-16-11-7-2)19-40-17-14-36-18-30-23-24(31-20-12-13-20)32-28(29)33-25(23)36/h18,20-22,27H,6-17,19H2,1-5H3,(H2,34,35,38)(H3,29,31,32,33). The van der Waals surface area contributed by atoms with E-state index >= 15 is 0 Å². The minimum atomic E-state index is -3.51. The smallest absolute Gasteiger partial charge is 0.323 e. The van der Waals surface area contributed by atoms with Crippen molar-refractivity contribution in [3.8, 4) is 0 Å². The number of methoxy groups -OCH3 is 1. The van der Waals surface area contributed by atoms with Crippen LogP contribution in [-0.2, 0) is 34.9 Å². The molecule has 1 fully saturated rings. The average molecular weight is 627 g/mol. The molecular weight excluding hydrogens is 575 g/mol. The summed E-state index contributed by atoms with van der Waals surface area (Å²) < 4.78 is 39.1. The summed E-state index contributed by atoms with van der Waals surface area (Å²) in [5.74, 6) is 0.344. The Labute approximate surface area is 255 Å². The summed E-state index contributed by atoms with van der Waals surface area (Å²) in [6.07, 6.45) is 7.56. The maximum atomic E-state index is 14.4. The topological polar surface area (TPSA) is 177 Å². The summed E-state index contributed by atoms with van der Waals surface area (Å²) in [6, 6.07) is -0.794. The van der Waals surface area contributed by atoms with Gasteiger partial charge in [0.15, 0.2) is 23.3 Å². The number of carbonyl (C=O) groups excluding carboxylic acids is 1. The molecule has 15 heteroatoms. The van der Waals surface area contributed by atoms with Gasteiger partial charge in [0.05, 0.1) is 25.6 Å². The number of carbonyl (C=O) groups is 1. The Bertz CT molecular complexity index is 1180. The van der Waals surface area contributed by atoms with Gasteiger partial charge in [-0.15, -0.1) is 0 Å². The first kappa shape index (κ1) is 35.1. The summed E-state index contributed by atoms with van der Waals surface area (Å²) in [4.78, 5) is 26.0. The quantitative estimate of drug-likeness (QED) is 0.0603. The third-order valence-corrected chi connectivity index (χ3v) is 9.13. The van der Waals surface area contributed by atoms with E-state index in [1.54, 1.807) is 13.4 Å². The molecule has 1 aliphatic rings. The monoisotopic (exact) mass is 626 g/mol. The first-order valence-corrected chi connectivity index (χ1v) is 17.4. The van der Waals surface area contributed by atoms with E-state index in [0.29, 0.717) is 55.6 Å². The maximum Gasteiger partial charge on any atom is 0.323 e. The van der Waals surface area contributed by atoms with Crippen LogP contribution in [0.2, 0.25) is 0 Å². The summed E-state index contributed by atoms with van der Waals surface area (Å²) in [7, 11) is -1.94. The van der Waals surface area contributed by atoms with Crippen LogP contribution in [0, 0.1) is 0 Å². The predicted octanol–water partition coefficient (Wildman–Crippen LogP) is 4.02. The van der Waals surface area contributed by atoms with Crippen LogP contribution in [0.25, 0.3) is 11.2 Å². The van der Waals surface area contributed by atoms with Crippen molar-refractivity contribution in [2.45, 2.75) is 110 Å². The molecule has 0 aliphatic heterocycles. The lowest BCUT2D eigenvalue weighted by Gasteiger charge is -2.32. The third-order valence-electron chi connectivity index (χ3n) is 7.10. The van der Waals surface area contributed by atoms with E-state index < -0.39 is 31.8 Å². The Hall–Kier alpha value is -2.35. The van der Waals surface area contributed by atoms with Crippen molar-refractivity contribution in [1.29, 1.82) is 0 Å². The number of rotatable bonds is 23. The van der Waals surface area contributed by atoms with Crippen molar-refractivity contribution in [3.05, 3.63) is 6.33 Å². The van der Waals surface area contributed by atoms with Gasteiger partial charge in [0.1, 0.15) is 12.4 Å². The summed E-state index contributed by atoms with van der Waals surface area (Å²) >= 11 is 0. The number of fused-ring (bicyclic) bond motifs is 1. The molecule has 0 saturated heterocycles. The third kappa shape index (κ3) is 10.9.